The Morgan fingerprint density at radius 2 is 1.86 bits per heavy atom. The Hall–Kier alpha value is -0.610. The van der Waals surface area contributed by atoms with E-state index in [4.69, 9.17) is 0 Å². The number of hydrogen-bond acceptors (Lipinski definition) is 3. The lowest BCUT2D eigenvalue weighted by Gasteiger charge is -2.43. The topological polar surface area (TPSA) is 52.6 Å². The number of likely N-dealkylation sites (N-methyl/N-ethyl adjacent to an activating group) is 1. The molecular formula is C17H32N2O2. The minimum Gasteiger partial charge on any atom is -0.480 e. The molecule has 0 amide bonds. The highest BCUT2D eigenvalue weighted by Gasteiger charge is 2.40. The summed E-state index contributed by atoms with van der Waals surface area (Å²) >= 11 is 0. The molecule has 1 aliphatic heterocycles. The van der Waals surface area contributed by atoms with Gasteiger partial charge in [-0.3, -0.25) is 4.79 Å². The number of hydrogen-bond donors (Lipinski definition) is 2. The van der Waals surface area contributed by atoms with Gasteiger partial charge in [0.15, 0.2) is 0 Å². The Labute approximate surface area is 129 Å². The highest BCUT2D eigenvalue weighted by molar-refractivity contribution is 5.78. The molecule has 4 heteroatoms. The number of likely N-dealkylation sites (tertiary alicyclic amines) is 1. The van der Waals surface area contributed by atoms with Crippen LogP contribution < -0.4 is 5.32 Å². The predicted molar refractivity (Wildman–Crippen MR) is 85.5 cm³/mol. The molecular weight excluding hydrogens is 264 g/mol. The molecule has 0 radical (unpaired) electrons. The van der Waals surface area contributed by atoms with Crippen LogP contribution in [0.5, 0.6) is 0 Å². The van der Waals surface area contributed by atoms with Crippen LogP contribution in [0.3, 0.4) is 0 Å². The zero-order valence-electron chi connectivity index (χ0n) is 14.0. The van der Waals surface area contributed by atoms with Crippen molar-refractivity contribution in [2.45, 2.75) is 77.3 Å². The monoisotopic (exact) mass is 296 g/mol. The van der Waals surface area contributed by atoms with Gasteiger partial charge >= 0.3 is 5.97 Å². The molecule has 21 heavy (non-hydrogen) atoms. The fourth-order valence-electron chi connectivity index (χ4n) is 4.41. The van der Waals surface area contributed by atoms with Gasteiger partial charge in [0, 0.05) is 6.04 Å². The van der Waals surface area contributed by atoms with Gasteiger partial charge in [0.05, 0.1) is 0 Å². The Morgan fingerprint density at radius 1 is 1.29 bits per heavy atom. The SMILES string of the molecule is CCNC(C)(CC(C)N1CCC2(CCCC2)CC1)C(=O)O. The largest absolute Gasteiger partial charge is 0.480 e. The predicted octanol–water partition coefficient (Wildman–Crippen LogP) is 2.87. The summed E-state index contributed by atoms with van der Waals surface area (Å²) in [6, 6.07) is 0.323. The number of piperidine rings is 1. The third kappa shape index (κ3) is 3.78. The van der Waals surface area contributed by atoms with Crippen molar-refractivity contribution in [3.63, 3.8) is 0 Å². The second kappa shape index (κ2) is 6.66. The van der Waals surface area contributed by atoms with E-state index in [9.17, 15) is 9.90 Å². The third-order valence-corrected chi connectivity index (χ3v) is 5.89. The summed E-state index contributed by atoms with van der Waals surface area (Å²) in [6.07, 6.45) is 8.94. The fraction of sp³-hybridized carbons (Fsp3) is 0.941. The van der Waals surface area contributed by atoms with Crippen LogP contribution in [-0.4, -0.2) is 47.2 Å². The van der Waals surface area contributed by atoms with E-state index in [2.05, 4.69) is 17.1 Å². The van der Waals surface area contributed by atoms with Crippen molar-refractivity contribution in [3.8, 4) is 0 Å². The fourth-order valence-corrected chi connectivity index (χ4v) is 4.41. The number of carboxylic acid groups (broad SMARTS) is 1. The zero-order valence-corrected chi connectivity index (χ0v) is 14.0. The van der Waals surface area contributed by atoms with Crippen LogP contribution in [-0.2, 0) is 4.79 Å². The van der Waals surface area contributed by atoms with Crippen LogP contribution in [0.1, 0.15) is 65.7 Å². The molecule has 0 aromatic rings. The maximum absolute atomic E-state index is 11.6. The molecule has 4 nitrogen and oxygen atoms in total. The Balaban J connectivity index is 1.89. The maximum Gasteiger partial charge on any atom is 0.323 e. The van der Waals surface area contributed by atoms with E-state index in [-0.39, 0.29) is 0 Å². The van der Waals surface area contributed by atoms with E-state index in [1.54, 1.807) is 0 Å². The maximum atomic E-state index is 11.6. The average Bonchev–Trinajstić information content (AvgIpc) is 2.88. The van der Waals surface area contributed by atoms with Gasteiger partial charge < -0.3 is 15.3 Å². The summed E-state index contributed by atoms with van der Waals surface area (Å²) in [7, 11) is 0. The molecule has 1 heterocycles. The van der Waals surface area contributed by atoms with Crippen LogP contribution in [0, 0.1) is 5.41 Å². The van der Waals surface area contributed by atoms with Crippen LogP contribution in [0.25, 0.3) is 0 Å². The number of nitrogens with zero attached hydrogens (tertiary/aromatic N) is 1. The van der Waals surface area contributed by atoms with Crippen molar-refractivity contribution < 1.29 is 9.90 Å². The molecule has 2 rings (SSSR count). The second-order valence-electron chi connectivity index (χ2n) is 7.46. The Bertz CT molecular complexity index is 356. The van der Waals surface area contributed by atoms with Gasteiger partial charge in [0.2, 0.25) is 0 Å². The van der Waals surface area contributed by atoms with E-state index in [1.165, 1.54) is 38.5 Å². The lowest BCUT2D eigenvalue weighted by Crippen LogP contribution is -2.54. The molecule has 1 saturated carbocycles. The molecule has 2 fully saturated rings. The lowest BCUT2D eigenvalue weighted by molar-refractivity contribution is -0.145. The van der Waals surface area contributed by atoms with Gasteiger partial charge in [0.1, 0.15) is 5.54 Å². The van der Waals surface area contributed by atoms with Gasteiger partial charge in [-0.2, -0.15) is 0 Å². The number of nitrogens with one attached hydrogen (secondary N) is 1. The first-order valence-corrected chi connectivity index (χ1v) is 8.63. The Kier molecular flexibility index (Phi) is 5.31. The molecule has 2 atom stereocenters. The zero-order chi connectivity index (χ0) is 15.5. The van der Waals surface area contributed by atoms with Crippen molar-refractivity contribution in [1.29, 1.82) is 0 Å². The van der Waals surface area contributed by atoms with Crippen molar-refractivity contribution in [1.82, 2.24) is 10.2 Å². The summed E-state index contributed by atoms with van der Waals surface area (Å²) in [4.78, 5) is 14.1. The molecule has 1 aliphatic carbocycles. The first kappa shape index (κ1) is 16.8. The Morgan fingerprint density at radius 3 is 2.33 bits per heavy atom. The van der Waals surface area contributed by atoms with Gasteiger partial charge in [-0.25, -0.2) is 0 Å². The van der Waals surface area contributed by atoms with Crippen molar-refractivity contribution >= 4 is 5.97 Å². The molecule has 2 N–H and O–H groups in total. The van der Waals surface area contributed by atoms with Crippen LogP contribution in [0.2, 0.25) is 0 Å². The van der Waals surface area contributed by atoms with Gasteiger partial charge in [-0.05, 0) is 71.0 Å². The first-order valence-electron chi connectivity index (χ1n) is 8.63. The normalized spacial score (nSPS) is 26.6. The molecule has 122 valence electrons. The van der Waals surface area contributed by atoms with E-state index in [1.807, 2.05) is 13.8 Å². The van der Waals surface area contributed by atoms with Gasteiger partial charge in [0.25, 0.3) is 0 Å². The van der Waals surface area contributed by atoms with Gasteiger partial charge in [-0.1, -0.05) is 19.8 Å². The summed E-state index contributed by atoms with van der Waals surface area (Å²) in [5.41, 5.74) is -0.176. The molecule has 2 unspecified atom stereocenters. The van der Waals surface area contributed by atoms with Crippen molar-refractivity contribution in [3.05, 3.63) is 0 Å². The summed E-state index contributed by atoms with van der Waals surface area (Å²) < 4.78 is 0. The third-order valence-electron chi connectivity index (χ3n) is 5.89. The first-order chi connectivity index (χ1) is 9.91. The minimum atomic E-state index is -0.809. The minimum absolute atomic E-state index is 0.323. The summed E-state index contributed by atoms with van der Waals surface area (Å²) in [5.74, 6) is -0.736. The van der Waals surface area contributed by atoms with Crippen LogP contribution >= 0.6 is 0 Å². The molecule has 2 aliphatic rings. The number of carboxylic acids is 1. The number of aliphatic carboxylic acids is 1. The standard InChI is InChI=1S/C17H32N2O2/c1-4-18-16(3,15(20)21)13-14(2)19-11-9-17(10-12-19)7-5-6-8-17/h14,18H,4-13H2,1-3H3,(H,20,21). The summed E-state index contributed by atoms with van der Waals surface area (Å²) in [6.45, 7) is 8.95. The number of carbonyl (C=O) groups is 1. The molecule has 0 aromatic heterocycles. The van der Waals surface area contributed by atoms with Gasteiger partial charge in [-0.15, -0.1) is 0 Å². The molecule has 1 spiro atoms. The quantitative estimate of drug-likeness (QED) is 0.791. The highest BCUT2D eigenvalue weighted by Crippen LogP contribution is 2.46. The lowest BCUT2D eigenvalue weighted by atomic mass is 9.76. The van der Waals surface area contributed by atoms with Crippen LogP contribution in [0.15, 0.2) is 0 Å². The summed E-state index contributed by atoms with van der Waals surface area (Å²) in [5, 5.41) is 12.6. The average molecular weight is 296 g/mol. The molecule has 0 bridgehead atoms. The van der Waals surface area contributed by atoms with E-state index >= 15 is 0 Å². The molecule has 0 aromatic carbocycles. The molecule has 1 saturated heterocycles. The van der Waals surface area contributed by atoms with E-state index < -0.39 is 11.5 Å². The smallest absolute Gasteiger partial charge is 0.323 e. The van der Waals surface area contributed by atoms with E-state index in [0.717, 1.165) is 13.1 Å². The van der Waals surface area contributed by atoms with Crippen molar-refractivity contribution in [2.75, 3.05) is 19.6 Å². The highest BCUT2D eigenvalue weighted by atomic mass is 16.4. The van der Waals surface area contributed by atoms with Crippen LogP contribution in [0.4, 0.5) is 0 Å². The number of rotatable bonds is 6. The second-order valence-corrected chi connectivity index (χ2v) is 7.46. The van der Waals surface area contributed by atoms with Crippen molar-refractivity contribution in [2.24, 2.45) is 5.41 Å². The van der Waals surface area contributed by atoms with E-state index in [0.29, 0.717) is 24.4 Å².